The van der Waals surface area contributed by atoms with Gasteiger partial charge in [-0.05, 0) is 31.9 Å². The van der Waals surface area contributed by atoms with Gasteiger partial charge in [0.05, 0.1) is 0 Å². The van der Waals surface area contributed by atoms with Gasteiger partial charge in [0.15, 0.2) is 0 Å². The van der Waals surface area contributed by atoms with E-state index in [1.54, 1.807) is 0 Å². The Balaban J connectivity index is 2.12. The number of hydrogen-bond donors (Lipinski definition) is 1. The van der Waals surface area contributed by atoms with Gasteiger partial charge < -0.3 is 5.73 Å². The quantitative estimate of drug-likeness (QED) is 0.763. The van der Waals surface area contributed by atoms with E-state index in [1.807, 2.05) is 6.92 Å². The second kappa shape index (κ2) is 3.46. The molecule has 0 radical (unpaired) electrons. The van der Waals surface area contributed by atoms with Gasteiger partial charge >= 0.3 is 0 Å². The second-order valence-electron chi connectivity index (χ2n) is 4.01. The molecule has 1 heterocycles. The van der Waals surface area contributed by atoms with Gasteiger partial charge in [0.1, 0.15) is 0 Å². The van der Waals surface area contributed by atoms with Crippen LogP contribution in [0, 0.1) is 0 Å². The predicted molar refractivity (Wildman–Crippen MR) is 53.6 cm³/mol. The monoisotopic (exact) mass is 176 g/mol. The number of rotatable bonds is 3. The predicted octanol–water partition coefficient (Wildman–Crippen LogP) is 1.85. The van der Waals surface area contributed by atoms with Gasteiger partial charge in [-0.2, -0.15) is 0 Å². The van der Waals surface area contributed by atoms with Crippen molar-refractivity contribution < 1.29 is 0 Å². The van der Waals surface area contributed by atoms with E-state index in [0.717, 1.165) is 18.0 Å². The molecule has 2 N–H and O–H groups in total. The van der Waals surface area contributed by atoms with Crippen LogP contribution in [0.25, 0.3) is 0 Å². The molecule has 13 heavy (non-hydrogen) atoms. The smallest absolute Gasteiger partial charge is 0.0437 e. The van der Waals surface area contributed by atoms with Crippen LogP contribution in [0.5, 0.6) is 0 Å². The Kier molecular flexibility index (Phi) is 2.32. The summed E-state index contributed by atoms with van der Waals surface area (Å²) < 4.78 is 0. The highest BCUT2D eigenvalue weighted by atomic mass is 14.7. The molecule has 0 aromatic carbocycles. The van der Waals surface area contributed by atoms with E-state index in [2.05, 4.69) is 23.2 Å². The molecule has 1 atom stereocenters. The maximum absolute atomic E-state index is 5.73. The highest BCUT2D eigenvalue weighted by molar-refractivity contribution is 5.18. The Morgan fingerprint density at radius 2 is 2.31 bits per heavy atom. The lowest BCUT2D eigenvalue weighted by Crippen LogP contribution is -2.18. The van der Waals surface area contributed by atoms with E-state index < -0.39 is 0 Å². The molecular formula is C11H16N2. The van der Waals surface area contributed by atoms with Gasteiger partial charge in [-0.1, -0.05) is 6.07 Å². The lowest BCUT2D eigenvalue weighted by molar-refractivity contribution is 0.717. The van der Waals surface area contributed by atoms with E-state index in [-0.39, 0.29) is 6.04 Å². The fourth-order valence-electron chi connectivity index (χ4n) is 1.55. The largest absolute Gasteiger partial charge is 0.328 e. The molecule has 1 aromatic rings. The number of nitrogens with two attached hydrogens (primary N) is 1. The molecule has 1 fully saturated rings. The first-order chi connectivity index (χ1) is 6.25. The van der Waals surface area contributed by atoms with Crippen LogP contribution in [-0.4, -0.2) is 11.0 Å². The summed E-state index contributed by atoms with van der Waals surface area (Å²) in [5.74, 6) is 0.744. The van der Waals surface area contributed by atoms with E-state index >= 15 is 0 Å². The molecule has 0 spiro atoms. The van der Waals surface area contributed by atoms with Crippen molar-refractivity contribution >= 4 is 0 Å². The minimum Gasteiger partial charge on any atom is -0.328 e. The molecular weight excluding hydrogens is 160 g/mol. The maximum Gasteiger partial charge on any atom is 0.0437 e. The molecule has 1 aromatic heterocycles. The van der Waals surface area contributed by atoms with Gasteiger partial charge in [-0.15, -0.1) is 0 Å². The first kappa shape index (κ1) is 8.70. The highest BCUT2D eigenvalue weighted by Crippen LogP contribution is 2.38. The van der Waals surface area contributed by atoms with Crippen molar-refractivity contribution in [1.29, 1.82) is 0 Å². The molecule has 2 nitrogen and oxygen atoms in total. The van der Waals surface area contributed by atoms with Crippen molar-refractivity contribution in [2.75, 3.05) is 0 Å². The molecule has 1 unspecified atom stereocenters. The lowest BCUT2D eigenvalue weighted by Gasteiger charge is -2.05. The Labute approximate surface area is 79.2 Å². The average Bonchev–Trinajstić information content (AvgIpc) is 2.85. The topological polar surface area (TPSA) is 38.9 Å². The van der Waals surface area contributed by atoms with Gasteiger partial charge in [0, 0.05) is 29.8 Å². The van der Waals surface area contributed by atoms with Crippen molar-refractivity contribution in [1.82, 2.24) is 4.98 Å². The summed E-state index contributed by atoms with van der Waals surface area (Å²) in [6, 6.07) is 6.50. The van der Waals surface area contributed by atoms with Gasteiger partial charge in [0.25, 0.3) is 0 Å². The molecule has 1 aliphatic carbocycles. The molecule has 0 saturated heterocycles. The molecule has 2 heteroatoms. The third-order valence-electron chi connectivity index (χ3n) is 2.36. The lowest BCUT2D eigenvalue weighted by atomic mass is 10.1. The first-order valence-corrected chi connectivity index (χ1v) is 4.97. The normalized spacial score (nSPS) is 18.6. The Morgan fingerprint density at radius 3 is 2.92 bits per heavy atom. The minimum absolute atomic E-state index is 0.210. The van der Waals surface area contributed by atoms with Crippen molar-refractivity contribution in [3.05, 3.63) is 29.6 Å². The van der Waals surface area contributed by atoms with E-state index in [9.17, 15) is 0 Å². The third-order valence-corrected chi connectivity index (χ3v) is 2.36. The minimum atomic E-state index is 0.210. The molecule has 1 saturated carbocycles. The molecule has 0 aliphatic heterocycles. The molecule has 2 rings (SSSR count). The summed E-state index contributed by atoms with van der Waals surface area (Å²) in [5, 5.41) is 0. The molecule has 1 aliphatic rings. The van der Waals surface area contributed by atoms with Crippen LogP contribution < -0.4 is 5.73 Å². The molecule has 0 amide bonds. The van der Waals surface area contributed by atoms with E-state index in [0.29, 0.717) is 0 Å². The van der Waals surface area contributed by atoms with E-state index in [4.69, 9.17) is 5.73 Å². The molecule has 70 valence electrons. The van der Waals surface area contributed by atoms with Crippen LogP contribution in [-0.2, 0) is 6.42 Å². The van der Waals surface area contributed by atoms with Crippen molar-refractivity contribution in [2.24, 2.45) is 5.73 Å². The van der Waals surface area contributed by atoms with Crippen LogP contribution in [0.1, 0.15) is 37.1 Å². The summed E-state index contributed by atoms with van der Waals surface area (Å²) in [6.07, 6.45) is 3.52. The zero-order valence-electron chi connectivity index (χ0n) is 8.03. The summed E-state index contributed by atoms with van der Waals surface area (Å²) in [4.78, 5) is 4.59. The average molecular weight is 176 g/mol. The van der Waals surface area contributed by atoms with Crippen LogP contribution in [0.15, 0.2) is 18.2 Å². The second-order valence-corrected chi connectivity index (χ2v) is 4.01. The highest BCUT2D eigenvalue weighted by Gasteiger charge is 2.24. The van der Waals surface area contributed by atoms with Crippen molar-refractivity contribution in [3.63, 3.8) is 0 Å². The zero-order chi connectivity index (χ0) is 9.26. The summed E-state index contributed by atoms with van der Waals surface area (Å²) in [6.45, 7) is 2.02. The third kappa shape index (κ3) is 2.28. The zero-order valence-corrected chi connectivity index (χ0v) is 8.03. The van der Waals surface area contributed by atoms with Crippen molar-refractivity contribution in [2.45, 2.75) is 38.1 Å². The summed E-state index contributed by atoms with van der Waals surface area (Å²) >= 11 is 0. The van der Waals surface area contributed by atoms with Gasteiger partial charge in [-0.25, -0.2) is 0 Å². The maximum atomic E-state index is 5.73. The molecule has 0 bridgehead atoms. The Hall–Kier alpha value is -0.890. The standard InChI is InChI=1S/C11H16N2/c1-8(12)7-10-3-2-4-11(13-10)9-5-6-9/h2-4,8-9H,5-7,12H2,1H3. The fraction of sp³-hybridized carbons (Fsp3) is 0.545. The van der Waals surface area contributed by atoms with Crippen LogP contribution in [0.2, 0.25) is 0 Å². The van der Waals surface area contributed by atoms with Gasteiger partial charge in [0.2, 0.25) is 0 Å². The number of hydrogen-bond acceptors (Lipinski definition) is 2. The van der Waals surface area contributed by atoms with Crippen LogP contribution in [0.3, 0.4) is 0 Å². The Bertz CT molecular complexity index is 290. The SMILES string of the molecule is CC(N)Cc1cccc(C2CC2)n1. The van der Waals surface area contributed by atoms with Crippen molar-refractivity contribution in [3.8, 4) is 0 Å². The fourth-order valence-corrected chi connectivity index (χ4v) is 1.55. The Morgan fingerprint density at radius 1 is 1.54 bits per heavy atom. The number of nitrogens with zero attached hydrogens (tertiary/aromatic N) is 1. The summed E-state index contributed by atoms with van der Waals surface area (Å²) in [7, 11) is 0. The van der Waals surface area contributed by atoms with Gasteiger partial charge in [-0.3, -0.25) is 4.98 Å². The number of aromatic nitrogens is 1. The number of pyridine rings is 1. The summed E-state index contributed by atoms with van der Waals surface area (Å²) in [5.41, 5.74) is 8.13. The van der Waals surface area contributed by atoms with Crippen LogP contribution in [0.4, 0.5) is 0 Å². The first-order valence-electron chi connectivity index (χ1n) is 4.97. The van der Waals surface area contributed by atoms with Crippen LogP contribution >= 0.6 is 0 Å². The van der Waals surface area contributed by atoms with E-state index in [1.165, 1.54) is 18.5 Å².